The van der Waals surface area contributed by atoms with Crippen molar-refractivity contribution < 1.29 is 28.2 Å². The van der Waals surface area contributed by atoms with Gasteiger partial charge in [-0.05, 0) is 6.07 Å². The van der Waals surface area contributed by atoms with Gasteiger partial charge in [-0.3, -0.25) is 4.79 Å². The molecule has 0 fully saturated rings. The second-order valence-corrected chi connectivity index (χ2v) is 4.64. The first-order valence-corrected chi connectivity index (χ1v) is 6.40. The first-order chi connectivity index (χ1) is 9.37. The van der Waals surface area contributed by atoms with Crippen LogP contribution in [0.4, 0.5) is 13.2 Å². The summed E-state index contributed by atoms with van der Waals surface area (Å²) in [6, 6.07) is 1.36. The van der Waals surface area contributed by atoms with E-state index in [4.69, 9.17) is 10.2 Å². The smallest absolute Gasteiger partial charge is 0.395 e. The van der Waals surface area contributed by atoms with Crippen LogP contribution in [0.2, 0.25) is 0 Å². The zero-order valence-electron chi connectivity index (χ0n) is 10.3. The Morgan fingerprint density at radius 1 is 1.40 bits per heavy atom. The Kier molecular flexibility index (Phi) is 6.01. The molecule has 0 spiro atoms. The number of amides is 1. The third-order valence-electron chi connectivity index (χ3n) is 2.16. The van der Waals surface area contributed by atoms with Crippen molar-refractivity contribution in [2.24, 2.45) is 0 Å². The minimum Gasteiger partial charge on any atom is -0.395 e. The molecule has 110 valence electrons. The topological polar surface area (TPSA) is 60.8 Å². The number of carbonyl (C=O) groups is 1. The highest BCUT2D eigenvalue weighted by Crippen LogP contribution is 2.20. The highest BCUT2D eigenvalue weighted by atomic mass is 32.1. The lowest BCUT2D eigenvalue weighted by atomic mass is 10.2. The molecule has 2 N–H and O–H groups in total. The van der Waals surface area contributed by atoms with Crippen LogP contribution in [0.1, 0.15) is 15.2 Å². The number of carbonyl (C=O) groups excluding carboxylic acids is 1. The van der Waals surface area contributed by atoms with E-state index >= 15 is 0 Å². The summed E-state index contributed by atoms with van der Waals surface area (Å²) in [4.78, 5) is 12.9. The van der Waals surface area contributed by atoms with E-state index in [2.05, 4.69) is 11.8 Å². The van der Waals surface area contributed by atoms with E-state index in [1.807, 2.05) is 0 Å². The lowest BCUT2D eigenvalue weighted by molar-refractivity contribution is -0.141. The van der Waals surface area contributed by atoms with Crippen molar-refractivity contribution in [2.75, 3.05) is 26.3 Å². The molecule has 1 aromatic rings. The van der Waals surface area contributed by atoms with Gasteiger partial charge in [-0.2, -0.15) is 13.2 Å². The van der Waals surface area contributed by atoms with Crippen LogP contribution >= 0.6 is 11.3 Å². The second-order valence-electron chi connectivity index (χ2n) is 3.73. The molecule has 0 aliphatic rings. The number of hydrogen-bond donors (Lipinski definition) is 2. The molecule has 0 saturated heterocycles. The summed E-state index contributed by atoms with van der Waals surface area (Å²) in [5.41, 5.74) is 0.0786. The Labute approximate surface area is 117 Å². The lowest BCUT2D eigenvalue weighted by Gasteiger charge is -2.22. The van der Waals surface area contributed by atoms with E-state index in [1.54, 1.807) is 0 Å². The molecule has 0 aliphatic carbocycles. The number of aliphatic hydroxyl groups is 2. The maximum atomic E-state index is 12.4. The van der Waals surface area contributed by atoms with Crippen molar-refractivity contribution in [1.82, 2.24) is 4.90 Å². The molecule has 0 saturated carbocycles. The molecule has 1 heterocycles. The van der Waals surface area contributed by atoms with E-state index in [1.165, 1.54) is 11.4 Å². The van der Waals surface area contributed by atoms with Crippen LogP contribution in [0.3, 0.4) is 0 Å². The highest BCUT2D eigenvalue weighted by molar-refractivity contribution is 7.10. The summed E-state index contributed by atoms with van der Waals surface area (Å²) in [5, 5.41) is 18.7. The van der Waals surface area contributed by atoms with Crippen LogP contribution in [-0.2, 0) is 0 Å². The highest BCUT2D eigenvalue weighted by Gasteiger charge is 2.33. The fraction of sp³-hybridized carbons (Fsp3) is 0.417. The fourth-order valence-electron chi connectivity index (χ4n) is 1.41. The molecule has 0 aromatic carbocycles. The molecular formula is C12H12F3NO3S. The van der Waals surface area contributed by atoms with Crippen LogP contribution in [0.25, 0.3) is 0 Å². The van der Waals surface area contributed by atoms with Gasteiger partial charge in [-0.25, -0.2) is 0 Å². The van der Waals surface area contributed by atoms with Gasteiger partial charge in [0.2, 0.25) is 0 Å². The Hall–Kier alpha value is -1.56. The summed E-state index contributed by atoms with van der Waals surface area (Å²) in [6.07, 6.45) is -4.53. The zero-order chi connectivity index (χ0) is 15.2. The summed E-state index contributed by atoms with van der Waals surface area (Å²) < 4.78 is 37.1. The maximum Gasteiger partial charge on any atom is 0.406 e. The summed E-state index contributed by atoms with van der Waals surface area (Å²) >= 11 is 1.10. The lowest BCUT2D eigenvalue weighted by Crippen LogP contribution is -2.40. The molecule has 8 heteroatoms. The van der Waals surface area contributed by atoms with E-state index in [0.717, 1.165) is 11.3 Å². The molecule has 0 radical (unpaired) electrons. The Morgan fingerprint density at radius 2 is 2.10 bits per heavy atom. The van der Waals surface area contributed by atoms with Crippen molar-refractivity contribution in [2.45, 2.75) is 6.18 Å². The molecule has 0 atom stereocenters. The van der Waals surface area contributed by atoms with Gasteiger partial charge in [0.15, 0.2) is 0 Å². The standard InChI is InChI=1S/C12H12F3NO3S/c13-12(14,15)8-16(3-5-18)11(19)9-6-10(20-7-9)2-1-4-17/h6-7,17-18H,3-5,8H2. The quantitative estimate of drug-likeness (QED) is 0.819. The SMILES string of the molecule is O=C(c1csc(C#CCO)c1)N(CCO)CC(F)(F)F. The summed E-state index contributed by atoms with van der Waals surface area (Å²) in [7, 11) is 0. The minimum absolute atomic E-state index is 0.0786. The number of hydrogen-bond acceptors (Lipinski definition) is 4. The van der Waals surface area contributed by atoms with Crippen LogP contribution in [0.15, 0.2) is 11.4 Å². The normalized spacial score (nSPS) is 10.8. The van der Waals surface area contributed by atoms with Crippen molar-refractivity contribution >= 4 is 17.2 Å². The van der Waals surface area contributed by atoms with E-state index < -0.39 is 31.8 Å². The second kappa shape index (κ2) is 7.28. The first kappa shape index (κ1) is 16.5. The van der Waals surface area contributed by atoms with Gasteiger partial charge in [-0.1, -0.05) is 11.8 Å². The van der Waals surface area contributed by atoms with Crippen LogP contribution in [0, 0.1) is 11.8 Å². The van der Waals surface area contributed by atoms with Gasteiger partial charge in [0, 0.05) is 11.9 Å². The molecule has 1 rings (SSSR count). The van der Waals surface area contributed by atoms with E-state index in [9.17, 15) is 18.0 Å². The van der Waals surface area contributed by atoms with Gasteiger partial charge in [0.05, 0.1) is 17.0 Å². The molecule has 20 heavy (non-hydrogen) atoms. The number of nitrogens with zero attached hydrogens (tertiary/aromatic N) is 1. The average molecular weight is 307 g/mol. The molecule has 0 aliphatic heterocycles. The Balaban J connectivity index is 2.86. The maximum absolute atomic E-state index is 12.4. The molecule has 4 nitrogen and oxygen atoms in total. The zero-order valence-corrected chi connectivity index (χ0v) is 11.1. The van der Waals surface area contributed by atoms with Gasteiger partial charge < -0.3 is 15.1 Å². The first-order valence-electron chi connectivity index (χ1n) is 5.52. The van der Waals surface area contributed by atoms with Gasteiger partial charge in [0.1, 0.15) is 13.2 Å². The predicted octanol–water partition coefficient (Wildman–Crippen LogP) is 1.09. The average Bonchev–Trinajstić information content (AvgIpc) is 2.82. The molecule has 0 bridgehead atoms. The Bertz CT molecular complexity index is 516. The third kappa shape index (κ3) is 5.21. The van der Waals surface area contributed by atoms with E-state index in [0.29, 0.717) is 9.78 Å². The third-order valence-corrected chi connectivity index (χ3v) is 3.01. The van der Waals surface area contributed by atoms with Crippen LogP contribution in [0.5, 0.6) is 0 Å². The monoisotopic (exact) mass is 307 g/mol. The summed E-state index contributed by atoms with van der Waals surface area (Å²) in [5.74, 6) is 4.13. The molecule has 1 amide bonds. The fourth-order valence-corrected chi connectivity index (χ4v) is 2.16. The predicted molar refractivity (Wildman–Crippen MR) is 67.3 cm³/mol. The number of thiophene rings is 1. The number of halogens is 3. The van der Waals surface area contributed by atoms with E-state index in [-0.39, 0.29) is 12.2 Å². The molecule has 0 unspecified atom stereocenters. The van der Waals surface area contributed by atoms with Crippen molar-refractivity contribution in [3.05, 3.63) is 21.9 Å². The van der Waals surface area contributed by atoms with Crippen LogP contribution < -0.4 is 0 Å². The number of rotatable bonds is 4. The van der Waals surface area contributed by atoms with Crippen molar-refractivity contribution in [3.8, 4) is 11.8 Å². The van der Waals surface area contributed by atoms with Crippen molar-refractivity contribution in [3.63, 3.8) is 0 Å². The van der Waals surface area contributed by atoms with Gasteiger partial charge >= 0.3 is 6.18 Å². The van der Waals surface area contributed by atoms with Gasteiger partial charge in [-0.15, -0.1) is 11.3 Å². The minimum atomic E-state index is -4.53. The summed E-state index contributed by atoms with van der Waals surface area (Å²) in [6.45, 7) is -2.71. The largest absolute Gasteiger partial charge is 0.406 e. The molecule has 1 aromatic heterocycles. The van der Waals surface area contributed by atoms with Gasteiger partial charge in [0.25, 0.3) is 5.91 Å². The molecular weight excluding hydrogens is 295 g/mol. The van der Waals surface area contributed by atoms with Crippen LogP contribution in [-0.4, -0.2) is 53.5 Å². The number of aliphatic hydroxyl groups excluding tert-OH is 2. The number of alkyl halides is 3. The Morgan fingerprint density at radius 3 is 2.65 bits per heavy atom. The van der Waals surface area contributed by atoms with Crippen molar-refractivity contribution in [1.29, 1.82) is 0 Å².